The van der Waals surface area contributed by atoms with Crippen LogP contribution in [0.2, 0.25) is 18.1 Å². The Morgan fingerprint density at radius 3 is 2.18 bits per heavy atom. The molecule has 0 unspecified atom stereocenters. The van der Waals surface area contributed by atoms with Crippen LogP contribution in [0.1, 0.15) is 83.5 Å². The Kier molecular flexibility index (Phi) is 9.56. The van der Waals surface area contributed by atoms with Gasteiger partial charge in [-0.1, -0.05) is 102 Å². The van der Waals surface area contributed by atoms with Crippen molar-refractivity contribution >= 4 is 8.32 Å². The average molecular weight is 481 g/mol. The third kappa shape index (κ3) is 7.52. The summed E-state index contributed by atoms with van der Waals surface area (Å²) in [7, 11) is -1.84. The fourth-order valence-electron chi connectivity index (χ4n) is 4.82. The summed E-state index contributed by atoms with van der Waals surface area (Å²) in [4.78, 5) is 0. The molecule has 2 aromatic rings. The molecular formula is C30H48N2OSi. The predicted molar refractivity (Wildman–Crippen MR) is 149 cm³/mol. The standard InChI is InChI=1S/C30H48N2OSi/c1-23(2)21-26-19-14-20-27(29(31-26)25-17-12-9-13-18-25)32-28(24-15-10-8-11-16-24)22-33-34(6,7)30(3,4)5/h8-13,15-18,23,26-29,31-32H,14,19-22H2,1-7H3/t26-,27-,28-,29+/m0/s1. The summed E-state index contributed by atoms with van der Waals surface area (Å²) < 4.78 is 6.75. The molecule has 1 aliphatic heterocycles. The second kappa shape index (κ2) is 12.0. The minimum Gasteiger partial charge on any atom is -0.415 e. The summed E-state index contributed by atoms with van der Waals surface area (Å²) in [5, 5.41) is 8.37. The Morgan fingerprint density at radius 1 is 0.971 bits per heavy atom. The summed E-state index contributed by atoms with van der Waals surface area (Å²) in [5.41, 5.74) is 2.70. The number of hydrogen-bond acceptors (Lipinski definition) is 3. The maximum absolute atomic E-state index is 6.75. The molecule has 4 atom stereocenters. The molecule has 0 aromatic heterocycles. The van der Waals surface area contributed by atoms with E-state index in [2.05, 4.69) is 119 Å². The van der Waals surface area contributed by atoms with Crippen LogP contribution in [0.5, 0.6) is 0 Å². The summed E-state index contributed by atoms with van der Waals surface area (Å²) in [6.45, 7) is 17.1. The summed E-state index contributed by atoms with van der Waals surface area (Å²) in [6.07, 6.45) is 4.89. The Morgan fingerprint density at radius 2 is 1.59 bits per heavy atom. The lowest BCUT2D eigenvalue weighted by Gasteiger charge is -2.39. The van der Waals surface area contributed by atoms with E-state index in [1.54, 1.807) is 0 Å². The number of nitrogens with one attached hydrogen (secondary N) is 2. The van der Waals surface area contributed by atoms with Gasteiger partial charge in [0.1, 0.15) is 0 Å². The second-order valence-electron chi connectivity index (χ2n) is 12.1. The fourth-order valence-corrected chi connectivity index (χ4v) is 5.84. The Hall–Kier alpha value is -1.46. The molecule has 0 saturated carbocycles. The highest BCUT2D eigenvalue weighted by Gasteiger charge is 2.38. The van der Waals surface area contributed by atoms with Crippen LogP contribution in [0.3, 0.4) is 0 Å². The van der Waals surface area contributed by atoms with Gasteiger partial charge in [0.05, 0.1) is 12.6 Å². The van der Waals surface area contributed by atoms with Gasteiger partial charge in [-0.15, -0.1) is 0 Å². The highest BCUT2D eigenvalue weighted by Crippen LogP contribution is 2.37. The van der Waals surface area contributed by atoms with Crippen molar-refractivity contribution in [2.75, 3.05) is 6.61 Å². The Labute approximate surface area is 210 Å². The van der Waals surface area contributed by atoms with Crippen molar-refractivity contribution in [1.29, 1.82) is 0 Å². The van der Waals surface area contributed by atoms with Gasteiger partial charge in [-0.3, -0.25) is 0 Å². The maximum atomic E-state index is 6.75. The van der Waals surface area contributed by atoms with Crippen molar-refractivity contribution in [2.45, 2.75) is 103 Å². The number of hydrogen-bond donors (Lipinski definition) is 2. The minimum absolute atomic E-state index is 0.176. The third-order valence-corrected chi connectivity index (χ3v) is 12.3. The number of benzene rings is 2. The van der Waals surface area contributed by atoms with Crippen LogP contribution in [0.4, 0.5) is 0 Å². The lowest BCUT2D eigenvalue weighted by atomic mass is 9.95. The van der Waals surface area contributed by atoms with Gasteiger partial charge in [0.15, 0.2) is 8.32 Å². The molecule has 2 aromatic carbocycles. The van der Waals surface area contributed by atoms with E-state index in [0.29, 0.717) is 30.7 Å². The van der Waals surface area contributed by atoms with Crippen LogP contribution in [-0.2, 0) is 4.43 Å². The molecule has 0 bridgehead atoms. The first-order valence-corrected chi connectivity index (χ1v) is 16.2. The molecule has 1 saturated heterocycles. The molecule has 0 amide bonds. The van der Waals surface area contributed by atoms with Crippen molar-refractivity contribution in [3.63, 3.8) is 0 Å². The molecule has 0 radical (unpaired) electrons. The van der Waals surface area contributed by atoms with Crippen molar-refractivity contribution < 1.29 is 4.43 Å². The first kappa shape index (κ1) is 27.1. The van der Waals surface area contributed by atoms with Crippen LogP contribution in [-0.4, -0.2) is 27.0 Å². The molecule has 1 aliphatic rings. The molecule has 3 rings (SSSR count). The normalized spacial score (nSPS) is 23.0. The molecule has 1 heterocycles. The summed E-state index contributed by atoms with van der Waals surface area (Å²) >= 11 is 0. The molecule has 34 heavy (non-hydrogen) atoms. The van der Waals surface area contributed by atoms with Gasteiger partial charge < -0.3 is 15.1 Å². The summed E-state index contributed by atoms with van der Waals surface area (Å²) in [6, 6.07) is 23.3. The summed E-state index contributed by atoms with van der Waals surface area (Å²) in [5.74, 6) is 0.702. The Balaban J connectivity index is 1.86. The highest BCUT2D eigenvalue weighted by molar-refractivity contribution is 6.74. The van der Waals surface area contributed by atoms with Crippen LogP contribution in [0.15, 0.2) is 60.7 Å². The second-order valence-corrected chi connectivity index (χ2v) is 16.9. The first-order chi connectivity index (χ1) is 16.1. The van der Waals surface area contributed by atoms with E-state index in [1.807, 2.05) is 0 Å². The maximum Gasteiger partial charge on any atom is 0.192 e. The zero-order chi connectivity index (χ0) is 24.8. The van der Waals surface area contributed by atoms with Gasteiger partial charge in [-0.25, -0.2) is 0 Å². The van der Waals surface area contributed by atoms with Crippen molar-refractivity contribution in [2.24, 2.45) is 5.92 Å². The molecule has 0 aliphatic carbocycles. The average Bonchev–Trinajstić information content (AvgIpc) is 2.98. The van der Waals surface area contributed by atoms with Gasteiger partial charge >= 0.3 is 0 Å². The monoisotopic (exact) mass is 480 g/mol. The number of rotatable bonds is 9. The fraction of sp³-hybridized carbons (Fsp3) is 0.600. The van der Waals surface area contributed by atoms with Gasteiger partial charge in [-0.2, -0.15) is 0 Å². The minimum atomic E-state index is -1.84. The van der Waals surface area contributed by atoms with Crippen molar-refractivity contribution in [1.82, 2.24) is 10.6 Å². The van der Waals surface area contributed by atoms with Crippen LogP contribution in [0, 0.1) is 5.92 Å². The molecule has 0 spiro atoms. The van der Waals surface area contributed by atoms with E-state index in [0.717, 1.165) is 0 Å². The predicted octanol–water partition coefficient (Wildman–Crippen LogP) is 7.64. The molecule has 2 N–H and O–H groups in total. The molecule has 3 nitrogen and oxygen atoms in total. The smallest absolute Gasteiger partial charge is 0.192 e. The van der Waals surface area contributed by atoms with E-state index in [1.165, 1.54) is 36.8 Å². The van der Waals surface area contributed by atoms with E-state index in [-0.39, 0.29) is 11.1 Å². The van der Waals surface area contributed by atoms with Crippen molar-refractivity contribution in [3.05, 3.63) is 71.8 Å². The quantitative estimate of drug-likeness (QED) is 0.362. The zero-order valence-corrected chi connectivity index (χ0v) is 23.6. The van der Waals surface area contributed by atoms with Gasteiger partial charge in [0.25, 0.3) is 0 Å². The molecule has 188 valence electrons. The molecular weight excluding hydrogens is 432 g/mol. The van der Waals surface area contributed by atoms with Gasteiger partial charge in [-0.05, 0) is 54.4 Å². The molecule has 1 fully saturated rings. The van der Waals surface area contributed by atoms with E-state index in [9.17, 15) is 0 Å². The SMILES string of the molecule is CC(C)C[C@@H]1CCC[C@H](N[C@@H](CO[Si](C)(C)C(C)(C)C)c2ccccc2)[C@@H](c2ccccc2)N1. The van der Waals surface area contributed by atoms with E-state index in [4.69, 9.17) is 4.43 Å². The van der Waals surface area contributed by atoms with Crippen LogP contribution >= 0.6 is 0 Å². The lowest BCUT2D eigenvalue weighted by Crippen LogP contribution is -2.47. The largest absolute Gasteiger partial charge is 0.415 e. The zero-order valence-electron chi connectivity index (χ0n) is 22.6. The topological polar surface area (TPSA) is 33.3 Å². The van der Waals surface area contributed by atoms with Crippen molar-refractivity contribution in [3.8, 4) is 0 Å². The van der Waals surface area contributed by atoms with Crippen LogP contribution in [0.25, 0.3) is 0 Å². The van der Waals surface area contributed by atoms with E-state index < -0.39 is 8.32 Å². The molecule has 4 heteroatoms. The highest BCUT2D eigenvalue weighted by atomic mass is 28.4. The third-order valence-electron chi connectivity index (χ3n) is 7.83. The Bertz CT molecular complexity index is 847. The van der Waals surface area contributed by atoms with Gasteiger partial charge in [0, 0.05) is 18.1 Å². The first-order valence-electron chi connectivity index (χ1n) is 13.3. The van der Waals surface area contributed by atoms with E-state index >= 15 is 0 Å². The van der Waals surface area contributed by atoms with Gasteiger partial charge in [0.2, 0.25) is 0 Å². The van der Waals surface area contributed by atoms with Crippen LogP contribution < -0.4 is 10.6 Å². The lowest BCUT2D eigenvalue weighted by molar-refractivity contribution is 0.219.